The topological polar surface area (TPSA) is 41.6 Å². The molecule has 0 unspecified atom stereocenters. The average molecular weight is 362 g/mol. The molecule has 0 aromatic heterocycles. The summed E-state index contributed by atoms with van der Waals surface area (Å²) in [7, 11) is 0. The van der Waals surface area contributed by atoms with Gasteiger partial charge in [-0.1, -0.05) is 30.3 Å². The molecule has 0 spiro atoms. The molecule has 2 aromatic rings. The van der Waals surface area contributed by atoms with E-state index in [0.717, 1.165) is 35.5 Å². The summed E-state index contributed by atoms with van der Waals surface area (Å²) in [5, 5.41) is 3.25. The van der Waals surface area contributed by atoms with Crippen LogP contribution >= 0.6 is 0 Å². The van der Waals surface area contributed by atoms with Crippen molar-refractivity contribution in [3.05, 3.63) is 77.5 Å². The van der Waals surface area contributed by atoms with Crippen LogP contribution in [0.1, 0.15) is 21.5 Å². The van der Waals surface area contributed by atoms with Crippen LogP contribution in [0.25, 0.3) is 5.70 Å². The number of nitrogens with zero attached hydrogens (tertiary/aromatic N) is 1. The highest BCUT2D eigenvalue weighted by molar-refractivity contribution is 5.89. The number of carbonyl (C=O) groups is 1. The molecule has 1 heterocycles. The maximum absolute atomic E-state index is 12.5. The highest BCUT2D eigenvalue weighted by Crippen LogP contribution is 2.29. The fourth-order valence-electron chi connectivity index (χ4n) is 2.53. The molecule has 0 atom stereocenters. The molecule has 0 bridgehead atoms. The Morgan fingerprint density at radius 3 is 2.42 bits per heavy atom. The molecular weight excluding hydrogens is 345 g/mol. The van der Waals surface area contributed by atoms with Crippen LogP contribution in [-0.2, 0) is 10.9 Å². The van der Waals surface area contributed by atoms with E-state index >= 15 is 0 Å². The number of ether oxygens (including phenoxy) is 1. The van der Waals surface area contributed by atoms with Gasteiger partial charge in [0.15, 0.2) is 0 Å². The van der Waals surface area contributed by atoms with Gasteiger partial charge in [-0.25, -0.2) is 4.79 Å². The van der Waals surface area contributed by atoms with Crippen molar-refractivity contribution in [2.45, 2.75) is 6.18 Å². The predicted octanol–water partition coefficient (Wildman–Crippen LogP) is 3.72. The number of nitrogens with one attached hydrogen (secondary N) is 1. The van der Waals surface area contributed by atoms with Gasteiger partial charge in [-0.2, -0.15) is 13.2 Å². The molecule has 7 heteroatoms. The van der Waals surface area contributed by atoms with Gasteiger partial charge < -0.3 is 15.0 Å². The highest BCUT2D eigenvalue weighted by Gasteiger charge is 2.30. The van der Waals surface area contributed by atoms with Gasteiger partial charge in [0.25, 0.3) is 0 Å². The van der Waals surface area contributed by atoms with E-state index < -0.39 is 17.7 Å². The number of hydrogen-bond acceptors (Lipinski definition) is 4. The van der Waals surface area contributed by atoms with Crippen molar-refractivity contribution >= 4 is 11.7 Å². The monoisotopic (exact) mass is 362 g/mol. The molecule has 136 valence electrons. The number of esters is 1. The normalized spacial score (nSPS) is 14.0. The van der Waals surface area contributed by atoms with E-state index in [1.165, 1.54) is 0 Å². The molecule has 0 amide bonds. The van der Waals surface area contributed by atoms with E-state index in [0.29, 0.717) is 13.2 Å². The Morgan fingerprint density at radius 1 is 1.08 bits per heavy atom. The number of alkyl halides is 3. The number of rotatable bonds is 5. The second kappa shape index (κ2) is 7.51. The van der Waals surface area contributed by atoms with E-state index in [4.69, 9.17) is 4.74 Å². The quantitative estimate of drug-likeness (QED) is 0.823. The highest BCUT2D eigenvalue weighted by atomic mass is 19.4. The van der Waals surface area contributed by atoms with Gasteiger partial charge in [0.2, 0.25) is 0 Å². The Kier molecular flexibility index (Phi) is 5.16. The van der Waals surface area contributed by atoms with Crippen LogP contribution in [0.5, 0.6) is 0 Å². The van der Waals surface area contributed by atoms with Crippen LogP contribution < -0.4 is 5.32 Å². The molecule has 0 fully saturated rings. The van der Waals surface area contributed by atoms with E-state index in [1.54, 1.807) is 0 Å². The summed E-state index contributed by atoms with van der Waals surface area (Å²) in [5.74, 6) is -0.641. The van der Waals surface area contributed by atoms with Gasteiger partial charge in [0, 0.05) is 6.20 Å². The largest absolute Gasteiger partial charge is 0.460 e. The molecule has 0 saturated carbocycles. The molecule has 1 aliphatic heterocycles. The first-order valence-electron chi connectivity index (χ1n) is 8.03. The van der Waals surface area contributed by atoms with Gasteiger partial charge in [0.05, 0.1) is 30.0 Å². The molecule has 0 radical (unpaired) electrons. The summed E-state index contributed by atoms with van der Waals surface area (Å²) < 4.78 is 42.7. The van der Waals surface area contributed by atoms with Crippen LogP contribution in [0.3, 0.4) is 0 Å². The molecule has 1 N–H and O–H groups in total. The standard InChI is InChI=1S/C19H17F3N2O2/c20-19(21,22)16-8-6-15(7-9-16)18(25)26-11-10-24-12-17(23-13-24)14-4-2-1-3-5-14/h1-9,12,23H,10-11,13H2. The molecule has 3 rings (SSSR count). The third-order valence-corrected chi connectivity index (χ3v) is 3.93. The molecule has 4 nitrogen and oxygen atoms in total. The van der Waals surface area contributed by atoms with Gasteiger partial charge in [-0.3, -0.25) is 0 Å². The summed E-state index contributed by atoms with van der Waals surface area (Å²) in [5.41, 5.74) is 1.35. The van der Waals surface area contributed by atoms with Crippen molar-refractivity contribution in [2.24, 2.45) is 0 Å². The third-order valence-electron chi connectivity index (χ3n) is 3.93. The lowest BCUT2D eigenvalue weighted by molar-refractivity contribution is -0.137. The number of carbonyl (C=O) groups excluding carboxylic acids is 1. The Morgan fingerprint density at radius 2 is 1.77 bits per heavy atom. The van der Waals surface area contributed by atoms with Gasteiger partial charge >= 0.3 is 12.1 Å². The minimum atomic E-state index is -4.42. The SMILES string of the molecule is O=C(OCCN1C=C(c2ccccc2)NC1)c1ccc(C(F)(F)F)cc1. The average Bonchev–Trinajstić information content (AvgIpc) is 3.11. The molecule has 0 saturated heterocycles. The smallest absolute Gasteiger partial charge is 0.416 e. The molecule has 1 aliphatic rings. The molecular formula is C19H17F3N2O2. The van der Waals surface area contributed by atoms with E-state index in [1.807, 2.05) is 41.4 Å². The number of benzene rings is 2. The number of hydrogen-bond donors (Lipinski definition) is 1. The summed E-state index contributed by atoms with van der Waals surface area (Å²) in [6.07, 6.45) is -2.48. The van der Waals surface area contributed by atoms with Gasteiger partial charge in [-0.05, 0) is 29.8 Å². The zero-order valence-corrected chi connectivity index (χ0v) is 13.8. The van der Waals surface area contributed by atoms with Crippen LogP contribution in [0.4, 0.5) is 13.2 Å². The van der Waals surface area contributed by atoms with Crippen LogP contribution in [0, 0.1) is 0 Å². The summed E-state index contributed by atoms with van der Waals surface area (Å²) >= 11 is 0. The Hall–Kier alpha value is -2.96. The van der Waals surface area contributed by atoms with E-state index in [2.05, 4.69) is 5.32 Å². The van der Waals surface area contributed by atoms with Crippen molar-refractivity contribution < 1.29 is 22.7 Å². The molecule has 2 aromatic carbocycles. The number of halogens is 3. The van der Waals surface area contributed by atoms with Gasteiger partial charge in [0.1, 0.15) is 6.61 Å². The summed E-state index contributed by atoms with van der Waals surface area (Å²) in [6.45, 7) is 1.22. The molecule has 0 aliphatic carbocycles. The van der Waals surface area contributed by atoms with Crippen molar-refractivity contribution in [3.63, 3.8) is 0 Å². The Balaban J connectivity index is 1.49. The minimum absolute atomic E-state index is 0.0954. The second-order valence-electron chi connectivity index (χ2n) is 5.77. The first-order chi connectivity index (χ1) is 12.4. The van der Waals surface area contributed by atoms with Crippen molar-refractivity contribution in [3.8, 4) is 0 Å². The summed E-state index contributed by atoms with van der Waals surface area (Å²) in [6, 6.07) is 13.8. The first-order valence-corrected chi connectivity index (χ1v) is 8.03. The van der Waals surface area contributed by atoms with E-state index in [-0.39, 0.29) is 12.2 Å². The fourth-order valence-corrected chi connectivity index (χ4v) is 2.53. The maximum Gasteiger partial charge on any atom is 0.416 e. The Bertz CT molecular complexity index is 787. The lowest BCUT2D eigenvalue weighted by Crippen LogP contribution is -2.26. The van der Waals surface area contributed by atoms with Crippen LogP contribution in [0.15, 0.2) is 60.8 Å². The zero-order valence-electron chi connectivity index (χ0n) is 13.8. The Labute approximate surface area is 148 Å². The lowest BCUT2D eigenvalue weighted by Gasteiger charge is -2.14. The summed E-state index contributed by atoms with van der Waals surface area (Å²) in [4.78, 5) is 13.9. The van der Waals surface area contributed by atoms with Crippen molar-refractivity contribution in [1.82, 2.24) is 10.2 Å². The minimum Gasteiger partial charge on any atom is -0.460 e. The maximum atomic E-state index is 12.5. The zero-order chi connectivity index (χ0) is 18.6. The predicted molar refractivity (Wildman–Crippen MR) is 90.9 cm³/mol. The fraction of sp³-hybridized carbons (Fsp3) is 0.211. The lowest BCUT2D eigenvalue weighted by atomic mass is 10.1. The first kappa shape index (κ1) is 17.8. The van der Waals surface area contributed by atoms with Crippen molar-refractivity contribution in [2.75, 3.05) is 19.8 Å². The molecule has 26 heavy (non-hydrogen) atoms. The van der Waals surface area contributed by atoms with E-state index in [9.17, 15) is 18.0 Å². The third kappa shape index (κ3) is 4.36. The second-order valence-corrected chi connectivity index (χ2v) is 5.77. The van der Waals surface area contributed by atoms with Crippen molar-refractivity contribution in [1.29, 1.82) is 0 Å². The van der Waals surface area contributed by atoms with Crippen LogP contribution in [-0.4, -0.2) is 30.7 Å². The van der Waals surface area contributed by atoms with Crippen LogP contribution in [0.2, 0.25) is 0 Å². The van der Waals surface area contributed by atoms with Gasteiger partial charge in [-0.15, -0.1) is 0 Å².